The number of hydrogen-bond donors (Lipinski definition) is 3. The Labute approximate surface area is 197 Å². The molecule has 0 radical (unpaired) electrons. The van der Waals surface area contributed by atoms with Crippen LogP contribution in [0.25, 0.3) is 10.9 Å². The van der Waals surface area contributed by atoms with Crippen LogP contribution in [-0.4, -0.2) is 45.7 Å². The van der Waals surface area contributed by atoms with E-state index in [1.54, 1.807) is 11.6 Å². The van der Waals surface area contributed by atoms with E-state index in [2.05, 4.69) is 28.0 Å². The van der Waals surface area contributed by atoms with Crippen molar-refractivity contribution in [3.8, 4) is 6.07 Å². The smallest absolute Gasteiger partial charge is 0.261 e. The molecule has 1 aliphatic heterocycles. The van der Waals surface area contributed by atoms with Crippen molar-refractivity contribution in [2.45, 2.75) is 45.3 Å². The fraction of sp³-hybridized carbons (Fsp3) is 0.435. The van der Waals surface area contributed by atoms with E-state index in [1.807, 2.05) is 0 Å². The highest BCUT2D eigenvalue weighted by atomic mass is 32.2. The average molecular weight is 485 g/mol. The van der Waals surface area contributed by atoms with Crippen LogP contribution < -0.4 is 10.9 Å². The van der Waals surface area contributed by atoms with Crippen LogP contribution in [-0.2, 0) is 16.6 Å². The van der Waals surface area contributed by atoms with Crippen molar-refractivity contribution >= 4 is 26.7 Å². The van der Waals surface area contributed by atoms with Gasteiger partial charge in [-0.05, 0) is 44.3 Å². The Morgan fingerprint density at radius 3 is 2.74 bits per heavy atom. The molecule has 0 aromatic carbocycles. The number of nitriles is 1. The minimum absolute atomic E-state index is 0.161. The molecule has 0 bridgehead atoms. The molecule has 1 atom stereocenters. The second-order valence-corrected chi connectivity index (χ2v) is 10.5. The zero-order chi connectivity index (χ0) is 24.5. The first-order chi connectivity index (χ1) is 16.3. The standard InChI is InChI=1S/C23H28N6O4S/c1-3-18(34(32,33)28-11-4-12-28)8-5-15(2)26-22-20-21(17(14-30)13-25-23(20)31)29(27-22)19(9-10-24)16-6-7-16/h3,5,8,13,16,19,30H,2,4,6-7,9,11-12,14H2,1H3,(H,25,31)(H,26,27)/b8-5-,18-3+/t19-/m0/s1. The number of aromatic amines is 1. The summed E-state index contributed by atoms with van der Waals surface area (Å²) in [5.41, 5.74) is 0.921. The molecule has 1 aliphatic carbocycles. The molecule has 3 heterocycles. The van der Waals surface area contributed by atoms with Crippen LogP contribution in [0.4, 0.5) is 5.82 Å². The van der Waals surface area contributed by atoms with E-state index in [4.69, 9.17) is 0 Å². The van der Waals surface area contributed by atoms with Gasteiger partial charge in [0.05, 0.1) is 35.6 Å². The maximum Gasteiger partial charge on any atom is 0.261 e. The number of pyridine rings is 1. The first kappa shape index (κ1) is 23.9. The van der Waals surface area contributed by atoms with Crippen molar-refractivity contribution in [3.63, 3.8) is 0 Å². The Balaban J connectivity index is 1.68. The van der Waals surface area contributed by atoms with Gasteiger partial charge in [-0.25, -0.2) is 8.42 Å². The van der Waals surface area contributed by atoms with Crippen molar-refractivity contribution in [3.05, 3.63) is 57.5 Å². The molecule has 1 saturated carbocycles. The Bertz CT molecular complexity index is 1370. The third kappa shape index (κ3) is 4.44. The van der Waals surface area contributed by atoms with Gasteiger partial charge in [-0.1, -0.05) is 12.7 Å². The van der Waals surface area contributed by atoms with Crippen LogP contribution in [0.2, 0.25) is 0 Å². The van der Waals surface area contributed by atoms with E-state index < -0.39 is 15.6 Å². The van der Waals surface area contributed by atoms with E-state index >= 15 is 0 Å². The number of rotatable bonds is 10. The van der Waals surface area contributed by atoms with Crippen molar-refractivity contribution < 1.29 is 13.5 Å². The van der Waals surface area contributed by atoms with E-state index in [1.165, 1.54) is 28.7 Å². The van der Waals surface area contributed by atoms with E-state index in [-0.39, 0.29) is 41.1 Å². The normalized spacial score (nSPS) is 18.1. The predicted octanol–water partition coefficient (Wildman–Crippen LogP) is 2.50. The quantitative estimate of drug-likeness (QED) is 0.440. The van der Waals surface area contributed by atoms with Crippen LogP contribution in [0.1, 0.15) is 44.2 Å². The highest BCUT2D eigenvalue weighted by Crippen LogP contribution is 2.43. The van der Waals surface area contributed by atoms with Crippen molar-refractivity contribution in [1.29, 1.82) is 5.26 Å². The fourth-order valence-electron chi connectivity index (χ4n) is 4.11. The minimum atomic E-state index is -3.54. The topological polar surface area (TPSA) is 144 Å². The molecule has 10 nitrogen and oxygen atoms in total. The van der Waals surface area contributed by atoms with Gasteiger partial charge in [-0.15, -0.1) is 0 Å². The summed E-state index contributed by atoms with van der Waals surface area (Å²) in [4.78, 5) is 15.5. The lowest BCUT2D eigenvalue weighted by molar-refractivity contribution is 0.281. The number of aliphatic hydroxyl groups excluding tert-OH is 1. The lowest BCUT2D eigenvalue weighted by atomic mass is 10.1. The summed E-state index contributed by atoms with van der Waals surface area (Å²) in [6, 6.07) is 1.99. The summed E-state index contributed by atoms with van der Waals surface area (Å²) in [6.07, 6.45) is 9.00. The molecule has 11 heteroatoms. The molecule has 4 rings (SSSR count). The molecule has 0 amide bonds. The highest BCUT2D eigenvalue weighted by Gasteiger charge is 2.35. The molecular weight excluding hydrogens is 456 g/mol. The van der Waals surface area contributed by atoms with Crippen LogP contribution in [0, 0.1) is 17.2 Å². The first-order valence-corrected chi connectivity index (χ1v) is 12.7. The Kier molecular flexibility index (Phi) is 6.74. The molecule has 2 fully saturated rings. The van der Waals surface area contributed by atoms with Gasteiger partial charge in [-0.2, -0.15) is 14.7 Å². The Hall–Kier alpha value is -3.20. The second-order valence-electron chi connectivity index (χ2n) is 8.52. The molecule has 2 aliphatic rings. The molecule has 2 aromatic rings. The van der Waals surface area contributed by atoms with Crippen LogP contribution in [0.3, 0.4) is 0 Å². The SMILES string of the molecule is C=C(/C=C\C(=C/C)S(=O)(=O)N1CCC1)Nc1nn([C@@H](CC#N)C2CC2)c2c(CO)c[nH]c(=O)c12. The van der Waals surface area contributed by atoms with E-state index in [0.717, 1.165) is 19.3 Å². The van der Waals surface area contributed by atoms with Crippen molar-refractivity contribution in [2.24, 2.45) is 5.92 Å². The number of sulfonamides is 1. The monoisotopic (exact) mass is 484 g/mol. The molecule has 0 spiro atoms. The summed E-state index contributed by atoms with van der Waals surface area (Å²) in [6.45, 7) is 6.31. The average Bonchev–Trinajstić information content (AvgIpc) is 3.53. The van der Waals surface area contributed by atoms with Gasteiger partial charge in [0, 0.05) is 30.5 Å². The molecular formula is C23H28N6O4S. The van der Waals surface area contributed by atoms with E-state index in [0.29, 0.717) is 29.9 Å². The first-order valence-electron chi connectivity index (χ1n) is 11.2. The van der Waals surface area contributed by atoms with Gasteiger partial charge in [0.15, 0.2) is 5.82 Å². The van der Waals surface area contributed by atoms with Gasteiger partial charge in [0.2, 0.25) is 10.0 Å². The number of anilines is 1. The summed E-state index contributed by atoms with van der Waals surface area (Å²) < 4.78 is 28.4. The summed E-state index contributed by atoms with van der Waals surface area (Å²) in [5.74, 6) is 0.519. The summed E-state index contributed by atoms with van der Waals surface area (Å²) in [5, 5.41) is 27.1. The number of H-pyrrole nitrogens is 1. The summed E-state index contributed by atoms with van der Waals surface area (Å²) >= 11 is 0. The molecule has 0 unspecified atom stereocenters. The number of aliphatic hydroxyl groups is 1. The maximum absolute atomic E-state index is 12.7. The third-order valence-corrected chi connectivity index (χ3v) is 8.25. The number of fused-ring (bicyclic) bond motifs is 1. The second kappa shape index (κ2) is 9.58. The molecule has 34 heavy (non-hydrogen) atoms. The third-order valence-electron chi connectivity index (χ3n) is 6.24. The molecule has 3 N–H and O–H groups in total. The lowest BCUT2D eigenvalue weighted by Gasteiger charge is -2.30. The van der Waals surface area contributed by atoms with Gasteiger partial charge in [0.25, 0.3) is 5.56 Å². The molecule has 1 saturated heterocycles. The zero-order valence-electron chi connectivity index (χ0n) is 19.0. The number of nitrogens with zero attached hydrogens (tertiary/aromatic N) is 4. The highest BCUT2D eigenvalue weighted by molar-refractivity contribution is 7.93. The van der Waals surface area contributed by atoms with Crippen LogP contribution in [0.15, 0.2) is 46.4 Å². The van der Waals surface area contributed by atoms with Gasteiger partial charge in [-0.3, -0.25) is 9.48 Å². The van der Waals surface area contributed by atoms with Crippen molar-refractivity contribution in [1.82, 2.24) is 19.1 Å². The largest absolute Gasteiger partial charge is 0.392 e. The van der Waals surface area contributed by atoms with Crippen LogP contribution in [0.5, 0.6) is 0 Å². The minimum Gasteiger partial charge on any atom is -0.392 e. The van der Waals surface area contributed by atoms with Crippen molar-refractivity contribution in [2.75, 3.05) is 18.4 Å². The van der Waals surface area contributed by atoms with E-state index in [9.17, 15) is 23.6 Å². The summed E-state index contributed by atoms with van der Waals surface area (Å²) in [7, 11) is -3.54. The van der Waals surface area contributed by atoms with Crippen LogP contribution >= 0.6 is 0 Å². The molecule has 180 valence electrons. The maximum atomic E-state index is 12.7. The number of hydrogen-bond acceptors (Lipinski definition) is 7. The Morgan fingerprint density at radius 1 is 1.44 bits per heavy atom. The predicted molar refractivity (Wildman–Crippen MR) is 129 cm³/mol. The van der Waals surface area contributed by atoms with Gasteiger partial charge >= 0.3 is 0 Å². The zero-order valence-corrected chi connectivity index (χ0v) is 19.8. The number of aromatic nitrogens is 3. The fourth-order valence-corrected chi connectivity index (χ4v) is 5.68. The Morgan fingerprint density at radius 2 is 2.18 bits per heavy atom. The van der Waals surface area contributed by atoms with Gasteiger partial charge in [0.1, 0.15) is 5.39 Å². The molecule has 2 aromatic heterocycles. The van der Waals surface area contributed by atoms with Gasteiger partial charge < -0.3 is 15.4 Å². The lowest BCUT2D eigenvalue weighted by Crippen LogP contribution is -2.42. The number of nitrogens with one attached hydrogen (secondary N) is 2. The number of allylic oxidation sites excluding steroid dienone is 3.